The van der Waals surface area contributed by atoms with E-state index in [0.29, 0.717) is 6.04 Å². The Hall–Kier alpha value is -0.900. The maximum atomic E-state index is 5.29. The maximum absolute atomic E-state index is 5.29. The molecule has 3 nitrogen and oxygen atoms in total. The van der Waals surface area contributed by atoms with Gasteiger partial charge in [0, 0.05) is 19.7 Å². The van der Waals surface area contributed by atoms with Gasteiger partial charge in [-0.2, -0.15) is 0 Å². The van der Waals surface area contributed by atoms with Gasteiger partial charge in [0.15, 0.2) is 0 Å². The zero-order valence-corrected chi connectivity index (χ0v) is 14.2. The van der Waals surface area contributed by atoms with Gasteiger partial charge in [-0.15, -0.1) is 0 Å². The van der Waals surface area contributed by atoms with Gasteiger partial charge in [-0.3, -0.25) is 4.90 Å². The highest BCUT2D eigenvalue weighted by atomic mass is 16.5. The molecule has 0 saturated carbocycles. The van der Waals surface area contributed by atoms with Gasteiger partial charge in [0.25, 0.3) is 0 Å². The van der Waals surface area contributed by atoms with Crippen molar-refractivity contribution in [1.82, 2.24) is 10.2 Å². The van der Waals surface area contributed by atoms with Gasteiger partial charge in [0.05, 0.1) is 6.61 Å². The highest BCUT2D eigenvalue weighted by molar-refractivity contribution is 5.27. The van der Waals surface area contributed by atoms with Crippen LogP contribution in [0.15, 0.2) is 24.3 Å². The molecule has 0 fully saturated rings. The van der Waals surface area contributed by atoms with Crippen LogP contribution in [0.25, 0.3) is 0 Å². The number of methoxy groups -OCH3 is 1. The molecule has 0 aliphatic carbocycles. The van der Waals surface area contributed by atoms with E-state index in [9.17, 15) is 0 Å². The molecule has 1 aromatic carbocycles. The van der Waals surface area contributed by atoms with Crippen LogP contribution in [0.1, 0.15) is 38.3 Å². The molecule has 0 aliphatic heterocycles. The topological polar surface area (TPSA) is 24.5 Å². The number of nitrogens with one attached hydrogen (secondary N) is 1. The van der Waals surface area contributed by atoms with Gasteiger partial charge in [0.1, 0.15) is 0 Å². The summed E-state index contributed by atoms with van der Waals surface area (Å²) in [6.07, 6.45) is 2.30. The smallest absolute Gasteiger partial charge is 0.0615 e. The molecule has 1 atom stereocenters. The van der Waals surface area contributed by atoms with E-state index >= 15 is 0 Å². The lowest BCUT2D eigenvalue weighted by atomic mass is 10.0. The molecule has 120 valence electrons. The Morgan fingerprint density at radius 3 is 2.48 bits per heavy atom. The van der Waals surface area contributed by atoms with Crippen molar-refractivity contribution < 1.29 is 4.74 Å². The van der Waals surface area contributed by atoms with Crippen LogP contribution in [0.2, 0.25) is 0 Å². The van der Waals surface area contributed by atoms with Gasteiger partial charge in [-0.1, -0.05) is 38.1 Å². The SMILES string of the molecule is CCCNCCc1ccccc1CN(CC)C(C)COC. The van der Waals surface area contributed by atoms with Crippen LogP contribution >= 0.6 is 0 Å². The van der Waals surface area contributed by atoms with Crippen molar-refractivity contribution in [3.63, 3.8) is 0 Å². The molecule has 0 radical (unpaired) electrons. The number of rotatable bonds is 11. The van der Waals surface area contributed by atoms with E-state index < -0.39 is 0 Å². The highest BCUT2D eigenvalue weighted by Crippen LogP contribution is 2.14. The van der Waals surface area contributed by atoms with Crippen molar-refractivity contribution in [2.75, 3.05) is 33.4 Å². The molecule has 0 saturated heterocycles. The largest absolute Gasteiger partial charge is 0.383 e. The molecule has 0 amide bonds. The van der Waals surface area contributed by atoms with Crippen molar-refractivity contribution in [3.8, 4) is 0 Å². The Labute approximate surface area is 130 Å². The molecule has 1 N–H and O–H groups in total. The summed E-state index contributed by atoms with van der Waals surface area (Å²) in [5.74, 6) is 0. The predicted molar refractivity (Wildman–Crippen MR) is 90.7 cm³/mol. The first-order chi connectivity index (χ1) is 10.2. The van der Waals surface area contributed by atoms with Gasteiger partial charge < -0.3 is 10.1 Å². The first kappa shape index (κ1) is 18.1. The molecule has 3 heteroatoms. The summed E-state index contributed by atoms with van der Waals surface area (Å²) in [6, 6.07) is 9.27. The van der Waals surface area contributed by atoms with Crippen molar-refractivity contribution in [3.05, 3.63) is 35.4 Å². The van der Waals surface area contributed by atoms with E-state index in [1.54, 1.807) is 7.11 Å². The lowest BCUT2D eigenvalue weighted by Crippen LogP contribution is -2.35. The van der Waals surface area contributed by atoms with Gasteiger partial charge in [-0.25, -0.2) is 0 Å². The standard InChI is InChI=1S/C18H32N2O/c1-5-12-19-13-11-17-9-7-8-10-18(17)14-20(6-2)16(3)15-21-4/h7-10,16,19H,5-6,11-15H2,1-4H3. The lowest BCUT2D eigenvalue weighted by molar-refractivity contribution is 0.0980. The van der Waals surface area contributed by atoms with Crippen LogP contribution in [0, 0.1) is 0 Å². The van der Waals surface area contributed by atoms with Crippen LogP contribution < -0.4 is 5.32 Å². The van der Waals surface area contributed by atoms with E-state index in [-0.39, 0.29) is 0 Å². The monoisotopic (exact) mass is 292 g/mol. The minimum atomic E-state index is 0.450. The molecule has 1 unspecified atom stereocenters. The minimum absolute atomic E-state index is 0.450. The second kappa shape index (κ2) is 10.8. The Kier molecular flexibility index (Phi) is 9.31. The fourth-order valence-electron chi connectivity index (χ4n) is 2.63. The Balaban J connectivity index is 2.63. The average Bonchev–Trinajstić information content (AvgIpc) is 2.50. The van der Waals surface area contributed by atoms with Crippen molar-refractivity contribution in [1.29, 1.82) is 0 Å². The van der Waals surface area contributed by atoms with Crippen LogP contribution in [0.4, 0.5) is 0 Å². The molecule has 1 rings (SSSR count). The summed E-state index contributed by atoms with van der Waals surface area (Å²) in [6.45, 7) is 11.7. The van der Waals surface area contributed by atoms with Crippen LogP contribution in [0.5, 0.6) is 0 Å². The molecule has 0 bridgehead atoms. The number of hydrogen-bond donors (Lipinski definition) is 1. The van der Waals surface area contributed by atoms with Crippen molar-refractivity contribution in [2.45, 2.75) is 46.2 Å². The molecule has 0 heterocycles. The van der Waals surface area contributed by atoms with E-state index in [2.05, 4.69) is 55.3 Å². The van der Waals surface area contributed by atoms with E-state index in [1.807, 2.05) is 0 Å². The van der Waals surface area contributed by atoms with Gasteiger partial charge in [0.2, 0.25) is 0 Å². The third kappa shape index (κ3) is 6.60. The first-order valence-electron chi connectivity index (χ1n) is 8.23. The third-order valence-corrected chi connectivity index (χ3v) is 3.93. The zero-order valence-electron chi connectivity index (χ0n) is 14.2. The Morgan fingerprint density at radius 2 is 1.86 bits per heavy atom. The van der Waals surface area contributed by atoms with Crippen molar-refractivity contribution in [2.24, 2.45) is 0 Å². The first-order valence-corrected chi connectivity index (χ1v) is 8.23. The van der Waals surface area contributed by atoms with Crippen molar-refractivity contribution >= 4 is 0 Å². The number of hydrogen-bond acceptors (Lipinski definition) is 3. The fraction of sp³-hybridized carbons (Fsp3) is 0.667. The number of likely N-dealkylation sites (N-methyl/N-ethyl adjacent to an activating group) is 1. The number of ether oxygens (including phenoxy) is 1. The normalized spacial score (nSPS) is 12.8. The number of benzene rings is 1. The predicted octanol–water partition coefficient (Wildman–Crippen LogP) is 3.09. The summed E-state index contributed by atoms with van der Waals surface area (Å²) in [5.41, 5.74) is 2.91. The molecule has 0 spiro atoms. The highest BCUT2D eigenvalue weighted by Gasteiger charge is 2.13. The maximum Gasteiger partial charge on any atom is 0.0615 e. The summed E-state index contributed by atoms with van der Waals surface area (Å²) in [4.78, 5) is 2.47. The van der Waals surface area contributed by atoms with Crippen LogP contribution in [-0.2, 0) is 17.7 Å². The lowest BCUT2D eigenvalue weighted by Gasteiger charge is -2.28. The second-order valence-corrected chi connectivity index (χ2v) is 5.64. The molecule has 0 aromatic heterocycles. The quantitative estimate of drug-likeness (QED) is 0.634. The second-order valence-electron chi connectivity index (χ2n) is 5.64. The number of nitrogens with zero attached hydrogens (tertiary/aromatic N) is 1. The average molecular weight is 292 g/mol. The summed E-state index contributed by atoms with van der Waals surface area (Å²) in [7, 11) is 1.78. The molecule has 0 aliphatic rings. The minimum Gasteiger partial charge on any atom is -0.383 e. The summed E-state index contributed by atoms with van der Waals surface area (Å²) in [5, 5.41) is 3.49. The molecular weight excluding hydrogens is 260 g/mol. The Morgan fingerprint density at radius 1 is 1.14 bits per heavy atom. The van der Waals surface area contributed by atoms with E-state index in [0.717, 1.165) is 39.2 Å². The Bertz CT molecular complexity index is 381. The van der Waals surface area contributed by atoms with Gasteiger partial charge in [-0.05, 0) is 50.5 Å². The molecule has 21 heavy (non-hydrogen) atoms. The van der Waals surface area contributed by atoms with Gasteiger partial charge >= 0.3 is 0 Å². The molecular formula is C18H32N2O. The van der Waals surface area contributed by atoms with Crippen LogP contribution in [0.3, 0.4) is 0 Å². The van der Waals surface area contributed by atoms with E-state index in [4.69, 9.17) is 4.74 Å². The van der Waals surface area contributed by atoms with E-state index in [1.165, 1.54) is 17.5 Å². The fourth-order valence-corrected chi connectivity index (χ4v) is 2.63. The summed E-state index contributed by atoms with van der Waals surface area (Å²) >= 11 is 0. The molecule has 1 aromatic rings. The van der Waals surface area contributed by atoms with Crippen LogP contribution in [-0.4, -0.2) is 44.3 Å². The summed E-state index contributed by atoms with van der Waals surface area (Å²) < 4.78 is 5.29. The zero-order chi connectivity index (χ0) is 15.5. The third-order valence-electron chi connectivity index (χ3n) is 3.93.